The number of nitrogens with one attached hydrogen (secondary N) is 2. The van der Waals surface area contributed by atoms with Crippen LogP contribution in [-0.4, -0.2) is 26.7 Å². The van der Waals surface area contributed by atoms with Gasteiger partial charge in [-0.3, -0.25) is 5.10 Å². The molecule has 0 fully saturated rings. The van der Waals surface area contributed by atoms with Crippen LogP contribution in [0.1, 0.15) is 11.9 Å². The summed E-state index contributed by atoms with van der Waals surface area (Å²) in [4.78, 5) is 8.53. The highest BCUT2D eigenvalue weighted by Crippen LogP contribution is 2.18. The summed E-state index contributed by atoms with van der Waals surface area (Å²) in [6.07, 6.45) is 5.07. The van der Waals surface area contributed by atoms with Gasteiger partial charge in [-0.15, -0.1) is 13.2 Å². The van der Waals surface area contributed by atoms with E-state index in [2.05, 4.69) is 38.6 Å². The topological polar surface area (TPSA) is 92.5 Å². The zero-order chi connectivity index (χ0) is 13.7. The minimum Gasteiger partial charge on any atom is -0.367 e. The highest BCUT2D eigenvalue weighted by Gasteiger charge is 2.10. The zero-order valence-corrected chi connectivity index (χ0v) is 10.5. The summed E-state index contributed by atoms with van der Waals surface area (Å²) in [7, 11) is 0. The fraction of sp³-hybridized carbons (Fsp3) is 0.154. The average Bonchev–Trinajstić information content (AvgIpc) is 2.94. The quantitative estimate of drug-likeness (QED) is 0.683. The Balaban J connectivity index is 2.23. The van der Waals surface area contributed by atoms with Crippen LogP contribution in [0.5, 0.6) is 0 Å². The lowest BCUT2D eigenvalue weighted by Crippen LogP contribution is -2.08. The first-order valence-corrected chi connectivity index (χ1v) is 5.86. The number of aromatic nitrogens is 4. The number of anilines is 1. The van der Waals surface area contributed by atoms with Crippen molar-refractivity contribution in [3.05, 3.63) is 49.5 Å². The molecule has 0 aliphatic rings. The third kappa shape index (κ3) is 3.05. The minimum atomic E-state index is -0.370. The summed E-state index contributed by atoms with van der Waals surface area (Å²) in [5.74, 6) is 1.92. The molecule has 2 rings (SSSR count). The third-order valence-corrected chi connectivity index (χ3v) is 2.52. The van der Waals surface area contributed by atoms with E-state index in [-0.39, 0.29) is 6.04 Å². The number of hydrogen-bond donors (Lipinski definition) is 3. The fourth-order valence-electron chi connectivity index (χ4n) is 1.51. The van der Waals surface area contributed by atoms with Crippen molar-refractivity contribution in [2.45, 2.75) is 6.04 Å². The molecular weight excluding hydrogens is 240 g/mol. The maximum Gasteiger partial charge on any atom is 0.171 e. The molecule has 0 bridgehead atoms. The molecule has 98 valence electrons. The Morgan fingerprint density at radius 3 is 3.05 bits per heavy atom. The first-order valence-electron chi connectivity index (χ1n) is 5.86. The van der Waals surface area contributed by atoms with Gasteiger partial charge in [0, 0.05) is 18.3 Å². The van der Waals surface area contributed by atoms with Crippen molar-refractivity contribution in [3.8, 4) is 11.4 Å². The van der Waals surface area contributed by atoms with Crippen LogP contribution in [0.15, 0.2) is 43.6 Å². The van der Waals surface area contributed by atoms with E-state index in [1.807, 2.05) is 12.1 Å². The molecule has 6 heteroatoms. The van der Waals surface area contributed by atoms with Crippen LogP contribution in [0.25, 0.3) is 11.4 Å². The van der Waals surface area contributed by atoms with E-state index in [9.17, 15) is 0 Å². The molecule has 0 saturated heterocycles. The summed E-state index contributed by atoms with van der Waals surface area (Å²) < 4.78 is 0. The van der Waals surface area contributed by atoms with E-state index in [4.69, 9.17) is 5.73 Å². The van der Waals surface area contributed by atoms with Gasteiger partial charge in [0.15, 0.2) is 11.6 Å². The Morgan fingerprint density at radius 1 is 1.47 bits per heavy atom. The van der Waals surface area contributed by atoms with Gasteiger partial charge >= 0.3 is 0 Å². The maximum absolute atomic E-state index is 5.78. The number of H-pyrrole nitrogens is 1. The first-order chi connectivity index (χ1) is 9.24. The Morgan fingerprint density at radius 2 is 2.32 bits per heavy atom. The van der Waals surface area contributed by atoms with Gasteiger partial charge in [-0.2, -0.15) is 5.10 Å². The summed E-state index contributed by atoms with van der Waals surface area (Å²) in [6, 6.07) is 3.36. The molecule has 0 aromatic carbocycles. The van der Waals surface area contributed by atoms with Crippen molar-refractivity contribution >= 4 is 5.82 Å². The lowest BCUT2D eigenvalue weighted by Gasteiger charge is -2.03. The Hall–Kier alpha value is -2.47. The molecule has 0 spiro atoms. The second-order valence-electron chi connectivity index (χ2n) is 3.90. The average molecular weight is 256 g/mol. The molecule has 6 nitrogen and oxygen atoms in total. The van der Waals surface area contributed by atoms with Gasteiger partial charge in [0.1, 0.15) is 5.82 Å². The van der Waals surface area contributed by atoms with Crippen LogP contribution in [0.4, 0.5) is 5.82 Å². The van der Waals surface area contributed by atoms with Gasteiger partial charge in [-0.05, 0) is 12.1 Å². The normalized spacial score (nSPS) is 11.8. The number of hydrogen-bond acceptors (Lipinski definition) is 5. The number of pyridine rings is 1. The van der Waals surface area contributed by atoms with Crippen LogP contribution >= 0.6 is 0 Å². The fourth-order valence-corrected chi connectivity index (χ4v) is 1.51. The second kappa shape index (κ2) is 5.92. The number of rotatable bonds is 6. The molecule has 0 saturated carbocycles. The third-order valence-electron chi connectivity index (χ3n) is 2.52. The molecule has 0 aliphatic carbocycles. The maximum atomic E-state index is 5.78. The standard InChI is InChI=1S/C13H16N6/c1-3-6-15-11-8-9(5-7-16-11)12-17-13(19-18-12)10(14)4-2/h3-5,7-8,10H,1-2,6,14H2,(H,15,16)(H,17,18,19). The zero-order valence-electron chi connectivity index (χ0n) is 10.5. The van der Waals surface area contributed by atoms with E-state index in [0.29, 0.717) is 18.2 Å². The summed E-state index contributed by atoms with van der Waals surface area (Å²) in [6.45, 7) is 7.92. The van der Waals surface area contributed by atoms with Gasteiger partial charge in [-0.25, -0.2) is 9.97 Å². The van der Waals surface area contributed by atoms with Gasteiger partial charge in [0.05, 0.1) is 6.04 Å². The summed E-state index contributed by atoms with van der Waals surface area (Å²) in [5.41, 5.74) is 6.67. The van der Waals surface area contributed by atoms with Crippen molar-refractivity contribution in [3.63, 3.8) is 0 Å². The van der Waals surface area contributed by atoms with Gasteiger partial charge in [0.2, 0.25) is 0 Å². The predicted molar refractivity (Wildman–Crippen MR) is 75.4 cm³/mol. The highest BCUT2D eigenvalue weighted by molar-refractivity contribution is 5.59. The van der Waals surface area contributed by atoms with Crippen LogP contribution in [0.3, 0.4) is 0 Å². The van der Waals surface area contributed by atoms with Crippen LogP contribution < -0.4 is 11.1 Å². The van der Waals surface area contributed by atoms with E-state index in [1.165, 1.54) is 0 Å². The summed E-state index contributed by atoms with van der Waals surface area (Å²) in [5, 5.41) is 10.0. The molecule has 2 aromatic heterocycles. The Kier molecular flexibility index (Phi) is 4.04. The SMILES string of the molecule is C=CCNc1cc(-c2nc(C(N)C=C)n[nH]2)ccn1. The van der Waals surface area contributed by atoms with Crippen LogP contribution in [-0.2, 0) is 0 Å². The lowest BCUT2D eigenvalue weighted by molar-refractivity contribution is 0.816. The minimum absolute atomic E-state index is 0.370. The van der Waals surface area contributed by atoms with E-state index < -0.39 is 0 Å². The van der Waals surface area contributed by atoms with Crippen molar-refractivity contribution in [1.29, 1.82) is 0 Å². The van der Waals surface area contributed by atoms with E-state index in [0.717, 1.165) is 11.4 Å². The van der Waals surface area contributed by atoms with Crippen molar-refractivity contribution in [1.82, 2.24) is 20.2 Å². The Labute approximate surface area is 111 Å². The molecular formula is C13H16N6. The van der Waals surface area contributed by atoms with Gasteiger partial charge < -0.3 is 11.1 Å². The molecule has 0 aliphatic heterocycles. The lowest BCUT2D eigenvalue weighted by atomic mass is 10.2. The molecule has 0 radical (unpaired) electrons. The molecule has 1 unspecified atom stereocenters. The smallest absolute Gasteiger partial charge is 0.171 e. The van der Waals surface area contributed by atoms with Crippen LogP contribution in [0, 0.1) is 0 Å². The Bertz CT molecular complexity index is 574. The van der Waals surface area contributed by atoms with E-state index >= 15 is 0 Å². The van der Waals surface area contributed by atoms with E-state index in [1.54, 1.807) is 18.3 Å². The monoisotopic (exact) mass is 256 g/mol. The number of aromatic amines is 1. The van der Waals surface area contributed by atoms with Crippen LogP contribution in [0.2, 0.25) is 0 Å². The van der Waals surface area contributed by atoms with Crippen molar-refractivity contribution in [2.75, 3.05) is 11.9 Å². The molecule has 1 atom stereocenters. The van der Waals surface area contributed by atoms with Crippen molar-refractivity contribution in [2.24, 2.45) is 5.73 Å². The molecule has 2 aromatic rings. The molecule has 0 amide bonds. The van der Waals surface area contributed by atoms with Crippen molar-refractivity contribution < 1.29 is 0 Å². The van der Waals surface area contributed by atoms with Gasteiger partial charge in [0.25, 0.3) is 0 Å². The largest absolute Gasteiger partial charge is 0.367 e. The molecule has 19 heavy (non-hydrogen) atoms. The molecule has 4 N–H and O–H groups in total. The second-order valence-corrected chi connectivity index (χ2v) is 3.90. The number of nitrogens with zero attached hydrogens (tertiary/aromatic N) is 3. The molecule has 2 heterocycles. The number of nitrogens with two attached hydrogens (primary N) is 1. The highest BCUT2D eigenvalue weighted by atomic mass is 15.2. The first kappa shape index (κ1) is 13.0. The van der Waals surface area contributed by atoms with Gasteiger partial charge in [-0.1, -0.05) is 12.2 Å². The predicted octanol–water partition coefficient (Wildman–Crippen LogP) is 1.65. The summed E-state index contributed by atoms with van der Waals surface area (Å²) >= 11 is 0.